The molecule has 0 amide bonds. The van der Waals surface area contributed by atoms with Gasteiger partial charge in [0.1, 0.15) is 0 Å². The molecule has 3 aliphatic carbocycles. The summed E-state index contributed by atoms with van der Waals surface area (Å²) in [5.41, 5.74) is 0. The van der Waals surface area contributed by atoms with Gasteiger partial charge in [-0.05, 0) is 56.2 Å². The number of methoxy groups -OCH3 is 1. The predicted octanol–water partition coefficient (Wildman–Crippen LogP) is 3.64. The van der Waals surface area contributed by atoms with Crippen LogP contribution in [-0.2, 0) is 14.0 Å². The van der Waals surface area contributed by atoms with E-state index < -0.39 is 14.4 Å². The van der Waals surface area contributed by atoms with Crippen LogP contribution in [0.1, 0.15) is 19.8 Å². The Bertz CT molecular complexity index is 581. The van der Waals surface area contributed by atoms with E-state index in [1.54, 1.807) is 0 Å². The number of esters is 1. The van der Waals surface area contributed by atoms with Crippen molar-refractivity contribution in [2.24, 2.45) is 41.4 Å². The molecule has 0 aromatic carbocycles. The second kappa shape index (κ2) is 7.25. The van der Waals surface area contributed by atoms with E-state index in [0.717, 1.165) is 12.8 Å². The van der Waals surface area contributed by atoms with Gasteiger partial charge in [-0.15, -0.1) is 6.58 Å². The van der Waals surface area contributed by atoms with Crippen LogP contribution in [0.25, 0.3) is 0 Å². The molecular formula is C21H34O4Si. The minimum absolute atomic E-state index is 0.0766. The fraction of sp³-hybridized carbons (Fsp3) is 0.762. The fourth-order valence-corrected chi connectivity index (χ4v) is 6.93. The summed E-state index contributed by atoms with van der Waals surface area (Å²) >= 11 is 0. The Morgan fingerprint density at radius 1 is 1.23 bits per heavy atom. The minimum Gasteiger partial charge on any atom is -0.469 e. The van der Waals surface area contributed by atoms with Gasteiger partial charge in [-0.2, -0.15) is 0 Å². The van der Waals surface area contributed by atoms with Gasteiger partial charge in [0, 0.05) is 11.8 Å². The second-order valence-electron chi connectivity index (χ2n) is 9.38. The van der Waals surface area contributed by atoms with Gasteiger partial charge in [-0.25, -0.2) is 0 Å². The number of hydrogen-bond acceptors (Lipinski definition) is 4. The normalized spacial score (nSPS) is 44.9. The first kappa shape index (κ1) is 19.8. The fourth-order valence-electron chi connectivity index (χ4n) is 5.73. The molecule has 5 heteroatoms. The molecule has 0 spiro atoms. The highest BCUT2D eigenvalue weighted by Gasteiger charge is 2.60. The largest absolute Gasteiger partial charge is 0.469 e. The highest BCUT2D eigenvalue weighted by Crippen LogP contribution is 2.57. The Kier molecular flexibility index (Phi) is 5.53. The van der Waals surface area contributed by atoms with E-state index in [2.05, 4.69) is 45.3 Å². The highest BCUT2D eigenvalue weighted by atomic mass is 28.4. The summed E-state index contributed by atoms with van der Waals surface area (Å²) in [5, 5.41) is 11.2. The van der Waals surface area contributed by atoms with Crippen molar-refractivity contribution in [1.82, 2.24) is 0 Å². The van der Waals surface area contributed by atoms with Crippen LogP contribution in [0, 0.1) is 41.4 Å². The summed E-state index contributed by atoms with van der Waals surface area (Å²) in [7, 11) is -0.271. The van der Waals surface area contributed by atoms with Crippen LogP contribution < -0.4 is 0 Å². The first-order valence-electron chi connectivity index (χ1n) is 9.94. The lowest BCUT2D eigenvalue weighted by molar-refractivity contribution is -0.151. The van der Waals surface area contributed by atoms with Crippen LogP contribution in [-0.4, -0.2) is 38.7 Å². The zero-order valence-electron chi connectivity index (χ0n) is 16.7. The summed E-state index contributed by atoms with van der Waals surface area (Å²) in [6, 6.07) is 0. The SMILES string of the molecule is C=C[C@H]1C=C[C@H]2[C@H]3[C@@H](CC[C@@H](C)[C@@H]3O[Si](C)(C)C)[C@H](O)[C@@H]2[C@H]1C(=O)OC. The highest BCUT2D eigenvalue weighted by molar-refractivity contribution is 6.69. The van der Waals surface area contributed by atoms with Crippen LogP contribution >= 0.6 is 0 Å². The summed E-state index contributed by atoms with van der Waals surface area (Å²) in [4.78, 5) is 12.6. The second-order valence-corrected chi connectivity index (χ2v) is 13.8. The molecule has 0 aliphatic heterocycles. The third-order valence-electron chi connectivity index (χ3n) is 6.73. The molecule has 0 aromatic heterocycles. The molecule has 0 aromatic rings. The Labute approximate surface area is 158 Å². The third kappa shape index (κ3) is 3.34. The molecule has 0 saturated heterocycles. The van der Waals surface area contributed by atoms with E-state index in [0.29, 0.717) is 5.92 Å². The molecule has 9 atom stereocenters. The maximum absolute atomic E-state index is 12.6. The topological polar surface area (TPSA) is 55.8 Å². The number of ether oxygens (including phenoxy) is 1. The number of allylic oxidation sites excluding steroid dienone is 3. The van der Waals surface area contributed by atoms with Gasteiger partial charge in [0.05, 0.1) is 25.2 Å². The average molecular weight is 379 g/mol. The first-order chi connectivity index (χ1) is 12.2. The summed E-state index contributed by atoms with van der Waals surface area (Å²) in [6.07, 6.45) is 7.88. The number of carbonyl (C=O) groups is 1. The predicted molar refractivity (Wildman–Crippen MR) is 105 cm³/mol. The standard InChI is InChI=1S/C21H34O4Si/c1-7-13-9-11-14-17-15(19(22)18(14)16(13)21(23)24-3)10-8-12(2)20(17)25-26(4,5)6/h7,9,11-20,22H,1,8,10H2,2-6H3/t12-,13+,14+,15-,16+,17+,18+,19+,20+/m1/s1. The van der Waals surface area contributed by atoms with E-state index in [-0.39, 0.29) is 47.6 Å². The van der Waals surface area contributed by atoms with E-state index in [1.165, 1.54) is 7.11 Å². The van der Waals surface area contributed by atoms with Crippen molar-refractivity contribution in [2.75, 3.05) is 7.11 Å². The van der Waals surface area contributed by atoms with Crippen molar-refractivity contribution in [3.63, 3.8) is 0 Å². The minimum atomic E-state index is -1.70. The smallest absolute Gasteiger partial charge is 0.309 e. The molecule has 26 heavy (non-hydrogen) atoms. The van der Waals surface area contributed by atoms with E-state index in [4.69, 9.17) is 9.16 Å². The zero-order chi connectivity index (χ0) is 19.2. The maximum Gasteiger partial charge on any atom is 0.309 e. The Hall–Kier alpha value is -0.913. The molecule has 3 aliphatic rings. The molecule has 0 unspecified atom stereocenters. The first-order valence-corrected chi connectivity index (χ1v) is 13.3. The Morgan fingerprint density at radius 2 is 1.92 bits per heavy atom. The number of carbonyl (C=O) groups excluding carboxylic acids is 1. The summed E-state index contributed by atoms with van der Waals surface area (Å²) in [6.45, 7) is 12.9. The van der Waals surface area contributed by atoms with Gasteiger partial charge in [-0.3, -0.25) is 4.79 Å². The van der Waals surface area contributed by atoms with Crippen molar-refractivity contribution >= 4 is 14.3 Å². The molecule has 2 saturated carbocycles. The monoisotopic (exact) mass is 378 g/mol. The van der Waals surface area contributed by atoms with Gasteiger partial charge in [0.25, 0.3) is 0 Å². The lowest BCUT2D eigenvalue weighted by Crippen LogP contribution is -2.47. The van der Waals surface area contributed by atoms with Crippen LogP contribution in [0.2, 0.25) is 19.6 Å². The van der Waals surface area contributed by atoms with Gasteiger partial charge in [0.15, 0.2) is 8.32 Å². The third-order valence-corrected chi connectivity index (χ3v) is 7.71. The van der Waals surface area contributed by atoms with Crippen LogP contribution in [0.4, 0.5) is 0 Å². The van der Waals surface area contributed by atoms with E-state index in [1.807, 2.05) is 6.08 Å². The molecule has 0 bridgehead atoms. The number of rotatable bonds is 4. The van der Waals surface area contributed by atoms with E-state index >= 15 is 0 Å². The van der Waals surface area contributed by atoms with Crippen LogP contribution in [0.15, 0.2) is 24.8 Å². The lowest BCUT2D eigenvalue weighted by atomic mass is 9.67. The maximum atomic E-state index is 12.6. The molecule has 1 N–H and O–H groups in total. The molecular weight excluding hydrogens is 344 g/mol. The Morgan fingerprint density at radius 3 is 2.50 bits per heavy atom. The van der Waals surface area contributed by atoms with Crippen LogP contribution in [0.3, 0.4) is 0 Å². The van der Waals surface area contributed by atoms with Gasteiger partial charge in [-0.1, -0.05) is 25.2 Å². The molecule has 3 rings (SSSR count). The van der Waals surface area contributed by atoms with Crippen molar-refractivity contribution in [3.8, 4) is 0 Å². The van der Waals surface area contributed by atoms with Crippen molar-refractivity contribution in [1.29, 1.82) is 0 Å². The van der Waals surface area contributed by atoms with Crippen molar-refractivity contribution in [3.05, 3.63) is 24.8 Å². The number of aliphatic hydroxyl groups excluding tert-OH is 1. The molecule has 146 valence electrons. The summed E-state index contributed by atoms with van der Waals surface area (Å²) in [5.74, 6) is 0.354. The van der Waals surface area contributed by atoms with Crippen LogP contribution in [0.5, 0.6) is 0 Å². The number of fused-ring (bicyclic) bond motifs is 3. The number of aliphatic hydroxyl groups is 1. The van der Waals surface area contributed by atoms with Crippen molar-refractivity contribution in [2.45, 2.75) is 51.6 Å². The molecule has 0 heterocycles. The zero-order valence-corrected chi connectivity index (χ0v) is 17.7. The summed E-state index contributed by atoms with van der Waals surface area (Å²) < 4.78 is 11.7. The van der Waals surface area contributed by atoms with Gasteiger partial charge in [0.2, 0.25) is 0 Å². The van der Waals surface area contributed by atoms with Gasteiger partial charge >= 0.3 is 5.97 Å². The lowest BCUT2D eigenvalue weighted by Gasteiger charge is -2.44. The van der Waals surface area contributed by atoms with Gasteiger partial charge < -0.3 is 14.3 Å². The number of hydrogen-bond donors (Lipinski definition) is 1. The average Bonchev–Trinajstić information content (AvgIpc) is 2.87. The molecule has 4 nitrogen and oxygen atoms in total. The quantitative estimate of drug-likeness (QED) is 0.461. The van der Waals surface area contributed by atoms with Crippen molar-refractivity contribution < 1.29 is 19.1 Å². The van der Waals surface area contributed by atoms with E-state index in [9.17, 15) is 9.90 Å². The molecule has 0 radical (unpaired) electrons. The molecule has 2 fully saturated rings. The Balaban J connectivity index is 1.99.